The zero-order chi connectivity index (χ0) is 19.7. The van der Waals surface area contributed by atoms with Gasteiger partial charge in [-0.3, -0.25) is 4.79 Å². The third kappa shape index (κ3) is 3.75. The molecule has 1 aliphatic heterocycles. The fraction of sp³-hybridized carbons (Fsp3) is 0.455. The second-order valence-electron chi connectivity index (χ2n) is 8.50. The van der Waals surface area contributed by atoms with E-state index in [0.29, 0.717) is 6.54 Å². The van der Waals surface area contributed by atoms with Gasteiger partial charge in [0, 0.05) is 36.1 Å². The number of fused-ring (bicyclic) bond motifs is 1. The Morgan fingerprint density at radius 2 is 2.07 bits per heavy atom. The molecule has 28 heavy (non-hydrogen) atoms. The number of hydrogen-bond donors (Lipinski definition) is 2. The van der Waals surface area contributed by atoms with Crippen LogP contribution >= 0.6 is 0 Å². The Morgan fingerprint density at radius 1 is 1.29 bits per heavy atom. The molecule has 0 aliphatic carbocycles. The number of ether oxygens (including phenoxy) is 1. The Hall–Kier alpha value is -2.44. The van der Waals surface area contributed by atoms with E-state index in [0.717, 1.165) is 54.0 Å². The van der Waals surface area contributed by atoms with Gasteiger partial charge in [-0.15, -0.1) is 0 Å². The van der Waals surface area contributed by atoms with E-state index in [1.54, 1.807) is 0 Å². The molecule has 148 valence electrons. The van der Waals surface area contributed by atoms with Gasteiger partial charge >= 0.3 is 0 Å². The van der Waals surface area contributed by atoms with E-state index in [9.17, 15) is 4.79 Å². The van der Waals surface area contributed by atoms with Crippen molar-refractivity contribution in [3.63, 3.8) is 0 Å². The van der Waals surface area contributed by atoms with E-state index in [2.05, 4.69) is 31.1 Å². The number of aromatic amines is 1. The van der Waals surface area contributed by atoms with Crippen molar-refractivity contribution >= 4 is 11.0 Å². The molecule has 2 N–H and O–H groups in total. The Balaban J connectivity index is 1.71. The molecule has 0 amide bonds. The second-order valence-corrected chi connectivity index (χ2v) is 8.50. The van der Waals surface area contributed by atoms with Crippen molar-refractivity contribution in [2.45, 2.75) is 51.7 Å². The standard InChI is InChI=1S/C22H28N4O2/c1-22(2,3)19-18-12-15(13-23-14-17-10-7-11-28-17)21(27)24-20(18)26(25-19)16-8-5-4-6-9-16/h4-6,8-9,12,17,23H,7,10-11,13-14H2,1-3H3,(H,24,27)/t17-/m1/s1. The first-order chi connectivity index (χ1) is 13.4. The van der Waals surface area contributed by atoms with E-state index in [-0.39, 0.29) is 17.1 Å². The molecule has 1 saturated heterocycles. The lowest BCUT2D eigenvalue weighted by molar-refractivity contribution is 0.110. The third-order valence-electron chi connectivity index (χ3n) is 5.19. The van der Waals surface area contributed by atoms with Crippen LogP contribution in [0.1, 0.15) is 44.9 Å². The van der Waals surface area contributed by atoms with Gasteiger partial charge in [-0.05, 0) is 31.0 Å². The van der Waals surface area contributed by atoms with Gasteiger partial charge in [0.2, 0.25) is 0 Å². The SMILES string of the molecule is CC(C)(C)c1nn(-c2ccccc2)c2[nH]c(=O)c(CNC[C@H]3CCCO3)cc12. The maximum atomic E-state index is 12.7. The highest BCUT2D eigenvalue weighted by atomic mass is 16.5. The van der Waals surface area contributed by atoms with Crippen LogP contribution in [-0.2, 0) is 16.7 Å². The molecule has 2 aromatic heterocycles. The third-order valence-corrected chi connectivity index (χ3v) is 5.19. The lowest BCUT2D eigenvalue weighted by Crippen LogP contribution is -2.28. The van der Waals surface area contributed by atoms with Gasteiger partial charge in [-0.2, -0.15) is 5.10 Å². The minimum absolute atomic E-state index is 0.0788. The monoisotopic (exact) mass is 380 g/mol. The average molecular weight is 380 g/mol. The topological polar surface area (TPSA) is 71.9 Å². The number of nitrogens with one attached hydrogen (secondary N) is 2. The van der Waals surface area contributed by atoms with Crippen LogP contribution in [0.5, 0.6) is 0 Å². The molecule has 1 fully saturated rings. The van der Waals surface area contributed by atoms with Gasteiger partial charge in [0.25, 0.3) is 5.56 Å². The van der Waals surface area contributed by atoms with Crippen molar-refractivity contribution in [2.75, 3.05) is 13.2 Å². The Morgan fingerprint density at radius 3 is 2.75 bits per heavy atom. The summed E-state index contributed by atoms with van der Waals surface area (Å²) in [7, 11) is 0. The van der Waals surface area contributed by atoms with Crippen LogP contribution < -0.4 is 10.9 Å². The highest BCUT2D eigenvalue weighted by Gasteiger charge is 2.24. The first kappa shape index (κ1) is 18.9. The first-order valence-corrected chi connectivity index (χ1v) is 9.96. The molecule has 4 rings (SSSR count). The van der Waals surface area contributed by atoms with Crippen LogP contribution in [0.2, 0.25) is 0 Å². The van der Waals surface area contributed by atoms with Crippen molar-refractivity contribution in [1.82, 2.24) is 20.1 Å². The zero-order valence-electron chi connectivity index (χ0n) is 16.8. The van der Waals surface area contributed by atoms with Crippen molar-refractivity contribution in [2.24, 2.45) is 0 Å². The summed E-state index contributed by atoms with van der Waals surface area (Å²) < 4.78 is 7.48. The summed E-state index contributed by atoms with van der Waals surface area (Å²) in [6.07, 6.45) is 2.46. The number of nitrogens with zero attached hydrogens (tertiary/aromatic N) is 2. The quantitative estimate of drug-likeness (QED) is 0.713. The number of rotatable bonds is 5. The number of hydrogen-bond acceptors (Lipinski definition) is 4. The van der Waals surface area contributed by atoms with Gasteiger partial charge in [0.1, 0.15) is 5.65 Å². The maximum Gasteiger partial charge on any atom is 0.254 e. The molecule has 0 radical (unpaired) electrons. The summed E-state index contributed by atoms with van der Waals surface area (Å²) in [5.41, 5.74) is 3.15. The van der Waals surface area contributed by atoms with E-state index >= 15 is 0 Å². The van der Waals surface area contributed by atoms with E-state index in [4.69, 9.17) is 9.84 Å². The minimum atomic E-state index is -0.140. The fourth-order valence-electron chi connectivity index (χ4n) is 3.73. The van der Waals surface area contributed by atoms with Crippen molar-refractivity contribution in [3.8, 4) is 5.69 Å². The smallest absolute Gasteiger partial charge is 0.254 e. The van der Waals surface area contributed by atoms with E-state index in [1.165, 1.54) is 0 Å². The molecule has 0 unspecified atom stereocenters. The van der Waals surface area contributed by atoms with E-state index in [1.807, 2.05) is 41.1 Å². The summed E-state index contributed by atoms with van der Waals surface area (Å²) in [6.45, 7) is 8.56. The average Bonchev–Trinajstić information content (AvgIpc) is 3.30. The lowest BCUT2D eigenvalue weighted by Gasteiger charge is -2.15. The van der Waals surface area contributed by atoms with Crippen LogP contribution in [0.15, 0.2) is 41.2 Å². The Labute approximate surface area is 164 Å². The van der Waals surface area contributed by atoms with Gasteiger partial charge < -0.3 is 15.0 Å². The fourth-order valence-corrected chi connectivity index (χ4v) is 3.73. The van der Waals surface area contributed by atoms with Crippen LogP contribution in [0.4, 0.5) is 0 Å². The molecule has 3 heterocycles. The predicted molar refractivity (Wildman–Crippen MR) is 111 cm³/mol. The summed E-state index contributed by atoms with van der Waals surface area (Å²) >= 11 is 0. The molecular weight excluding hydrogens is 352 g/mol. The van der Waals surface area contributed by atoms with Crippen LogP contribution in [-0.4, -0.2) is 34.0 Å². The van der Waals surface area contributed by atoms with Crippen LogP contribution in [0.25, 0.3) is 16.7 Å². The van der Waals surface area contributed by atoms with Gasteiger partial charge in [0.05, 0.1) is 17.5 Å². The maximum absolute atomic E-state index is 12.7. The number of pyridine rings is 1. The zero-order valence-corrected chi connectivity index (χ0v) is 16.8. The van der Waals surface area contributed by atoms with Crippen LogP contribution in [0, 0.1) is 0 Å². The number of benzene rings is 1. The van der Waals surface area contributed by atoms with Gasteiger partial charge in [0.15, 0.2) is 0 Å². The molecule has 1 aliphatic rings. The second kappa shape index (κ2) is 7.53. The number of H-pyrrole nitrogens is 1. The van der Waals surface area contributed by atoms with Gasteiger partial charge in [-0.1, -0.05) is 39.0 Å². The highest BCUT2D eigenvalue weighted by Crippen LogP contribution is 2.29. The highest BCUT2D eigenvalue weighted by molar-refractivity contribution is 5.81. The molecular formula is C22H28N4O2. The number of aromatic nitrogens is 3. The minimum Gasteiger partial charge on any atom is -0.377 e. The molecule has 0 bridgehead atoms. The molecule has 0 spiro atoms. The molecule has 6 nitrogen and oxygen atoms in total. The lowest BCUT2D eigenvalue weighted by atomic mass is 9.90. The Bertz CT molecular complexity index is 1010. The van der Waals surface area contributed by atoms with Crippen molar-refractivity contribution in [3.05, 3.63) is 58.0 Å². The normalized spacial score (nSPS) is 17.5. The predicted octanol–water partition coefficient (Wildman–Crippen LogP) is 3.28. The first-order valence-electron chi connectivity index (χ1n) is 9.96. The molecule has 0 saturated carbocycles. The molecule has 1 aromatic carbocycles. The Kier molecular flexibility index (Phi) is 5.08. The van der Waals surface area contributed by atoms with Gasteiger partial charge in [-0.25, -0.2) is 4.68 Å². The van der Waals surface area contributed by atoms with Crippen LogP contribution in [0.3, 0.4) is 0 Å². The summed E-state index contributed by atoms with van der Waals surface area (Å²) in [6, 6.07) is 11.9. The molecule has 1 atom stereocenters. The van der Waals surface area contributed by atoms with Crippen molar-refractivity contribution in [1.29, 1.82) is 0 Å². The molecule has 6 heteroatoms. The summed E-state index contributed by atoms with van der Waals surface area (Å²) in [5.74, 6) is 0. The van der Waals surface area contributed by atoms with E-state index < -0.39 is 0 Å². The summed E-state index contributed by atoms with van der Waals surface area (Å²) in [5, 5.41) is 9.23. The number of para-hydroxylation sites is 1. The molecule has 3 aromatic rings. The largest absolute Gasteiger partial charge is 0.377 e. The summed E-state index contributed by atoms with van der Waals surface area (Å²) in [4.78, 5) is 15.8. The van der Waals surface area contributed by atoms with Crippen molar-refractivity contribution < 1.29 is 4.74 Å².